The van der Waals surface area contributed by atoms with Gasteiger partial charge in [-0.2, -0.15) is 0 Å². The summed E-state index contributed by atoms with van der Waals surface area (Å²) >= 11 is 0. The van der Waals surface area contributed by atoms with Crippen LogP contribution in [0.15, 0.2) is 42.5 Å². The Morgan fingerprint density at radius 1 is 1.07 bits per heavy atom. The van der Waals surface area contributed by atoms with Crippen molar-refractivity contribution in [3.63, 3.8) is 0 Å². The Bertz CT molecular complexity index is 1510. The number of hydrogen-bond acceptors (Lipinski definition) is 5. The van der Waals surface area contributed by atoms with E-state index in [0.29, 0.717) is 46.7 Å². The van der Waals surface area contributed by atoms with Crippen LogP contribution in [0.4, 0.5) is 5.69 Å². The van der Waals surface area contributed by atoms with Crippen molar-refractivity contribution in [3.05, 3.63) is 81.7 Å². The minimum absolute atomic E-state index is 0.0119. The number of methoxy groups -OCH3 is 1. The molecule has 2 aromatic carbocycles. The first-order valence-electron chi connectivity index (χ1n) is 14.0. The summed E-state index contributed by atoms with van der Waals surface area (Å²) in [6.07, 6.45) is 1.77. The number of H-pyrrole nitrogens is 1. The molecule has 9 heteroatoms. The minimum Gasteiger partial charge on any atom is -0.497 e. The molecule has 0 spiro atoms. The molecule has 3 aromatic rings. The highest BCUT2D eigenvalue weighted by Crippen LogP contribution is 2.35. The van der Waals surface area contributed by atoms with Gasteiger partial charge in [0, 0.05) is 54.4 Å². The number of ether oxygens (including phenoxy) is 1. The molecular weight excluding hydrogens is 518 g/mol. The average Bonchev–Trinajstić information content (AvgIpc) is 3.45. The predicted octanol–water partition coefficient (Wildman–Crippen LogP) is 4.40. The summed E-state index contributed by atoms with van der Waals surface area (Å²) in [6, 6.07) is 12.5. The van der Waals surface area contributed by atoms with Crippen molar-refractivity contribution < 1.29 is 19.1 Å². The number of piperazine rings is 1. The summed E-state index contributed by atoms with van der Waals surface area (Å²) in [5.74, 6) is 0.274. The second-order valence-electron chi connectivity index (χ2n) is 10.6. The van der Waals surface area contributed by atoms with E-state index < -0.39 is 0 Å². The molecular formula is C32H37N5O4. The van der Waals surface area contributed by atoms with Crippen LogP contribution in [-0.2, 0) is 4.79 Å². The van der Waals surface area contributed by atoms with Gasteiger partial charge in [0.1, 0.15) is 5.75 Å². The molecule has 1 fully saturated rings. The number of aryl methyl sites for hydroxylation is 1. The van der Waals surface area contributed by atoms with Gasteiger partial charge in [-0.3, -0.25) is 14.4 Å². The van der Waals surface area contributed by atoms with Crippen molar-refractivity contribution in [1.29, 1.82) is 0 Å². The molecule has 2 aliphatic rings. The van der Waals surface area contributed by atoms with Gasteiger partial charge in [0.25, 0.3) is 17.7 Å². The molecule has 2 aliphatic heterocycles. The lowest BCUT2D eigenvalue weighted by molar-refractivity contribution is -0.110. The van der Waals surface area contributed by atoms with Crippen molar-refractivity contribution in [1.82, 2.24) is 20.1 Å². The van der Waals surface area contributed by atoms with Gasteiger partial charge in [0.15, 0.2) is 0 Å². The van der Waals surface area contributed by atoms with Crippen LogP contribution in [0.25, 0.3) is 11.6 Å². The first kappa shape index (κ1) is 28.2. The molecule has 0 bridgehead atoms. The lowest BCUT2D eigenvalue weighted by atomic mass is 10.0. The van der Waals surface area contributed by atoms with Crippen LogP contribution in [0.3, 0.4) is 0 Å². The molecule has 3 amide bonds. The number of aromatic nitrogens is 1. The largest absolute Gasteiger partial charge is 0.497 e. The molecule has 5 rings (SSSR count). The minimum atomic E-state index is -0.251. The number of benzene rings is 2. The fourth-order valence-corrected chi connectivity index (χ4v) is 5.54. The van der Waals surface area contributed by atoms with E-state index in [1.165, 1.54) is 0 Å². The van der Waals surface area contributed by atoms with Crippen molar-refractivity contribution in [2.45, 2.75) is 33.7 Å². The molecule has 1 atom stereocenters. The second-order valence-corrected chi connectivity index (χ2v) is 10.6. The van der Waals surface area contributed by atoms with Crippen LogP contribution in [0, 0.1) is 13.8 Å². The molecule has 214 valence electrons. The van der Waals surface area contributed by atoms with E-state index in [9.17, 15) is 14.4 Å². The van der Waals surface area contributed by atoms with E-state index in [1.807, 2.05) is 49.9 Å². The van der Waals surface area contributed by atoms with Crippen molar-refractivity contribution >= 4 is 35.1 Å². The third-order valence-electron chi connectivity index (χ3n) is 8.11. The lowest BCUT2D eigenvalue weighted by Crippen LogP contribution is -2.48. The number of hydrogen-bond donors (Lipinski definition) is 3. The standard InChI is InChI=1S/C32H37N5O4/c1-6-36-13-15-37(16-14-36)32(40)29-19(2)28(33-21(29)4)18-26-25-17-23(9-12-27(25)35-31(26)39)30(38)34-20(3)22-7-10-24(41-5)11-8-22/h7-12,17-18,20,33H,6,13-16H2,1-5H3,(H,34,38)(H,35,39). The van der Waals surface area contributed by atoms with E-state index in [0.717, 1.165) is 42.2 Å². The van der Waals surface area contributed by atoms with Gasteiger partial charge < -0.3 is 30.2 Å². The summed E-state index contributed by atoms with van der Waals surface area (Å²) in [7, 11) is 1.61. The number of amides is 3. The number of carbonyl (C=O) groups excluding carboxylic acids is 3. The third-order valence-corrected chi connectivity index (χ3v) is 8.11. The van der Waals surface area contributed by atoms with Crippen molar-refractivity contribution in [2.24, 2.45) is 0 Å². The number of nitrogens with one attached hydrogen (secondary N) is 3. The van der Waals surface area contributed by atoms with Crippen LogP contribution in [-0.4, -0.2) is 72.3 Å². The molecule has 3 N–H and O–H groups in total. The van der Waals surface area contributed by atoms with Gasteiger partial charge in [-0.25, -0.2) is 0 Å². The van der Waals surface area contributed by atoms with Gasteiger partial charge in [0.2, 0.25) is 0 Å². The zero-order valence-electron chi connectivity index (χ0n) is 24.3. The maximum absolute atomic E-state index is 13.4. The van der Waals surface area contributed by atoms with Crippen LogP contribution < -0.4 is 15.4 Å². The fraction of sp³-hybridized carbons (Fsp3) is 0.344. The number of nitrogens with zero attached hydrogens (tertiary/aromatic N) is 2. The van der Waals surface area contributed by atoms with E-state index in [2.05, 4.69) is 27.4 Å². The molecule has 1 aromatic heterocycles. The Morgan fingerprint density at radius 2 is 1.78 bits per heavy atom. The monoisotopic (exact) mass is 555 g/mol. The normalized spacial score (nSPS) is 16.9. The maximum Gasteiger partial charge on any atom is 0.256 e. The second kappa shape index (κ2) is 11.6. The molecule has 1 saturated heterocycles. The highest BCUT2D eigenvalue weighted by Gasteiger charge is 2.29. The topological polar surface area (TPSA) is 107 Å². The summed E-state index contributed by atoms with van der Waals surface area (Å²) in [4.78, 5) is 47.1. The van der Waals surface area contributed by atoms with E-state index >= 15 is 0 Å². The van der Waals surface area contributed by atoms with E-state index in [1.54, 1.807) is 31.4 Å². The Morgan fingerprint density at radius 3 is 2.44 bits per heavy atom. The zero-order chi connectivity index (χ0) is 29.3. The highest BCUT2D eigenvalue weighted by atomic mass is 16.5. The maximum atomic E-state index is 13.4. The van der Waals surface area contributed by atoms with Crippen LogP contribution >= 0.6 is 0 Å². The molecule has 0 radical (unpaired) electrons. The lowest BCUT2D eigenvalue weighted by Gasteiger charge is -2.34. The molecule has 9 nitrogen and oxygen atoms in total. The number of fused-ring (bicyclic) bond motifs is 1. The number of rotatable bonds is 7. The van der Waals surface area contributed by atoms with E-state index in [4.69, 9.17) is 4.74 Å². The molecule has 0 saturated carbocycles. The molecule has 1 unspecified atom stereocenters. The zero-order valence-corrected chi connectivity index (χ0v) is 24.3. The van der Waals surface area contributed by atoms with Gasteiger partial charge in [-0.15, -0.1) is 0 Å². The third kappa shape index (κ3) is 5.63. The van der Waals surface area contributed by atoms with Crippen molar-refractivity contribution in [3.8, 4) is 5.75 Å². The summed E-state index contributed by atoms with van der Waals surface area (Å²) in [5, 5.41) is 5.92. The fourth-order valence-electron chi connectivity index (χ4n) is 5.54. The van der Waals surface area contributed by atoms with Gasteiger partial charge in [-0.05, 0) is 74.9 Å². The highest BCUT2D eigenvalue weighted by molar-refractivity contribution is 6.35. The number of anilines is 1. The Hall–Kier alpha value is -4.37. The Kier molecular flexibility index (Phi) is 7.99. The molecule has 0 aliphatic carbocycles. The molecule has 3 heterocycles. The number of carbonyl (C=O) groups is 3. The van der Waals surface area contributed by atoms with Gasteiger partial charge >= 0.3 is 0 Å². The van der Waals surface area contributed by atoms with Crippen LogP contribution in [0.2, 0.25) is 0 Å². The van der Waals surface area contributed by atoms with Crippen molar-refractivity contribution in [2.75, 3.05) is 45.2 Å². The first-order chi connectivity index (χ1) is 19.7. The number of likely N-dealkylation sites (N-methyl/N-ethyl adjacent to an activating group) is 1. The van der Waals surface area contributed by atoms with Gasteiger partial charge in [0.05, 0.1) is 24.3 Å². The quantitative estimate of drug-likeness (QED) is 0.375. The molecule has 41 heavy (non-hydrogen) atoms. The average molecular weight is 556 g/mol. The number of aromatic amines is 1. The Balaban J connectivity index is 1.37. The first-order valence-corrected chi connectivity index (χ1v) is 14.0. The van der Waals surface area contributed by atoms with Crippen LogP contribution in [0.1, 0.15) is 68.7 Å². The SMILES string of the molecule is CCN1CCN(C(=O)c2c(C)[nH]c(C=C3C(=O)Nc4ccc(C(=O)NC(C)c5ccc(OC)cc5)cc43)c2C)CC1. The smallest absolute Gasteiger partial charge is 0.256 e. The van der Waals surface area contributed by atoms with E-state index in [-0.39, 0.29) is 23.8 Å². The van der Waals surface area contributed by atoms with Gasteiger partial charge in [-0.1, -0.05) is 19.1 Å². The van der Waals surface area contributed by atoms with Crippen LogP contribution in [0.5, 0.6) is 5.75 Å². The predicted molar refractivity (Wildman–Crippen MR) is 160 cm³/mol. The Labute approximate surface area is 240 Å². The summed E-state index contributed by atoms with van der Waals surface area (Å²) in [5.41, 5.74) is 6.08. The summed E-state index contributed by atoms with van der Waals surface area (Å²) in [6.45, 7) is 12.0. The summed E-state index contributed by atoms with van der Waals surface area (Å²) < 4.78 is 5.22.